The van der Waals surface area contributed by atoms with E-state index < -0.39 is 9.84 Å². The molecule has 0 radical (unpaired) electrons. The third kappa shape index (κ3) is 3.12. The molecule has 0 bridgehead atoms. The van der Waals surface area contributed by atoms with Crippen molar-refractivity contribution in [3.63, 3.8) is 0 Å². The highest BCUT2D eigenvalue weighted by Crippen LogP contribution is 2.32. The molecule has 0 N–H and O–H groups in total. The van der Waals surface area contributed by atoms with Crippen LogP contribution in [0.2, 0.25) is 5.02 Å². The van der Waals surface area contributed by atoms with Crippen molar-refractivity contribution in [2.45, 2.75) is 18.8 Å². The molecule has 0 aromatic heterocycles. The SMILES string of the molecule is O=CC(c1ccc(Cl)cc1)C1CCS(=O)(=O)CC1. The molecule has 0 spiro atoms. The minimum absolute atomic E-state index is 0.118. The van der Waals surface area contributed by atoms with Crippen LogP contribution in [-0.4, -0.2) is 26.2 Å². The van der Waals surface area contributed by atoms with Gasteiger partial charge in [0.05, 0.1) is 11.5 Å². The van der Waals surface area contributed by atoms with E-state index in [0.717, 1.165) is 11.8 Å². The van der Waals surface area contributed by atoms with Crippen LogP contribution in [0, 0.1) is 5.92 Å². The maximum absolute atomic E-state index is 11.4. The van der Waals surface area contributed by atoms with E-state index in [-0.39, 0.29) is 23.3 Å². The van der Waals surface area contributed by atoms with Gasteiger partial charge < -0.3 is 4.79 Å². The second-order valence-corrected chi connectivity index (χ2v) is 7.44. The zero-order valence-corrected chi connectivity index (χ0v) is 11.5. The largest absolute Gasteiger partial charge is 0.303 e. The minimum atomic E-state index is -2.88. The summed E-state index contributed by atoms with van der Waals surface area (Å²) in [4.78, 5) is 11.3. The molecule has 0 amide bonds. The molecule has 1 aliphatic rings. The smallest absolute Gasteiger partial charge is 0.150 e. The van der Waals surface area contributed by atoms with Gasteiger partial charge in [0.15, 0.2) is 0 Å². The summed E-state index contributed by atoms with van der Waals surface area (Å²) in [6.07, 6.45) is 2.05. The van der Waals surface area contributed by atoms with Gasteiger partial charge >= 0.3 is 0 Å². The van der Waals surface area contributed by atoms with Gasteiger partial charge in [0.2, 0.25) is 0 Å². The van der Waals surface area contributed by atoms with Gasteiger partial charge in [0, 0.05) is 10.9 Å². The molecule has 0 aliphatic carbocycles. The van der Waals surface area contributed by atoms with Gasteiger partial charge in [-0.15, -0.1) is 0 Å². The van der Waals surface area contributed by atoms with E-state index in [1.54, 1.807) is 12.1 Å². The lowest BCUT2D eigenvalue weighted by molar-refractivity contribution is -0.110. The number of carbonyl (C=O) groups is 1. The molecule has 98 valence electrons. The summed E-state index contributed by atoms with van der Waals surface area (Å²) in [5.41, 5.74) is 0.915. The summed E-state index contributed by atoms with van der Waals surface area (Å²) in [6, 6.07) is 7.19. The van der Waals surface area contributed by atoms with E-state index in [9.17, 15) is 13.2 Å². The number of carbonyl (C=O) groups excluding carboxylic acids is 1. The second-order valence-electron chi connectivity index (χ2n) is 4.70. The van der Waals surface area contributed by atoms with Gasteiger partial charge in [-0.05, 0) is 36.5 Å². The summed E-state index contributed by atoms with van der Waals surface area (Å²) < 4.78 is 22.8. The Bertz CT molecular complexity index is 508. The average Bonchev–Trinajstić information content (AvgIpc) is 2.34. The van der Waals surface area contributed by atoms with Gasteiger partial charge in [0.25, 0.3) is 0 Å². The Balaban J connectivity index is 2.15. The molecular weight excluding hydrogens is 272 g/mol. The number of rotatable bonds is 3. The molecule has 3 nitrogen and oxygen atoms in total. The Labute approximate surface area is 112 Å². The quantitative estimate of drug-likeness (QED) is 0.802. The molecule has 1 saturated heterocycles. The predicted molar refractivity (Wildman–Crippen MR) is 71.6 cm³/mol. The van der Waals surface area contributed by atoms with Crippen molar-refractivity contribution in [3.8, 4) is 0 Å². The van der Waals surface area contributed by atoms with E-state index in [1.807, 2.05) is 12.1 Å². The lowest BCUT2D eigenvalue weighted by Gasteiger charge is -2.27. The van der Waals surface area contributed by atoms with E-state index in [0.29, 0.717) is 17.9 Å². The topological polar surface area (TPSA) is 51.2 Å². The zero-order valence-electron chi connectivity index (χ0n) is 9.88. The monoisotopic (exact) mass is 286 g/mol. The molecule has 5 heteroatoms. The zero-order chi connectivity index (χ0) is 13.2. The number of halogens is 1. The highest BCUT2D eigenvalue weighted by atomic mass is 35.5. The highest BCUT2D eigenvalue weighted by Gasteiger charge is 2.30. The first-order chi connectivity index (χ1) is 8.52. The predicted octanol–water partition coefficient (Wildman–Crippen LogP) is 2.45. The van der Waals surface area contributed by atoms with Crippen molar-refractivity contribution in [2.24, 2.45) is 5.92 Å². The molecule has 1 fully saturated rings. The Hall–Kier alpha value is -0.870. The average molecular weight is 287 g/mol. The Kier molecular flexibility index (Phi) is 4.07. The van der Waals surface area contributed by atoms with Crippen LogP contribution in [0.15, 0.2) is 24.3 Å². The number of aldehydes is 1. The number of benzene rings is 1. The molecule has 1 atom stereocenters. The van der Waals surface area contributed by atoms with Crippen molar-refractivity contribution >= 4 is 27.7 Å². The van der Waals surface area contributed by atoms with Gasteiger partial charge in [-0.3, -0.25) is 0 Å². The van der Waals surface area contributed by atoms with Crippen molar-refractivity contribution in [1.29, 1.82) is 0 Å². The maximum atomic E-state index is 11.4. The maximum Gasteiger partial charge on any atom is 0.150 e. The molecular formula is C13H15ClO3S. The van der Waals surface area contributed by atoms with Crippen LogP contribution in [0.5, 0.6) is 0 Å². The molecule has 1 aromatic carbocycles. The van der Waals surface area contributed by atoms with Gasteiger partial charge in [-0.2, -0.15) is 0 Å². The Morgan fingerprint density at radius 2 is 1.72 bits per heavy atom. The van der Waals surface area contributed by atoms with E-state index >= 15 is 0 Å². The van der Waals surface area contributed by atoms with Crippen molar-refractivity contribution in [1.82, 2.24) is 0 Å². The van der Waals surface area contributed by atoms with Crippen LogP contribution in [0.1, 0.15) is 24.3 Å². The van der Waals surface area contributed by atoms with Crippen molar-refractivity contribution < 1.29 is 13.2 Å². The third-order valence-corrected chi connectivity index (χ3v) is 5.48. The molecule has 1 aliphatic heterocycles. The number of hydrogen-bond donors (Lipinski definition) is 0. The highest BCUT2D eigenvalue weighted by molar-refractivity contribution is 7.91. The Morgan fingerprint density at radius 1 is 1.17 bits per heavy atom. The minimum Gasteiger partial charge on any atom is -0.303 e. The van der Waals surface area contributed by atoms with E-state index in [4.69, 9.17) is 11.6 Å². The molecule has 1 heterocycles. The van der Waals surface area contributed by atoms with E-state index in [1.165, 1.54) is 0 Å². The van der Waals surface area contributed by atoms with Crippen LogP contribution >= 0.6 is 11.6 Å². The summed E-state index contributed by atoms with van der Waals surface area (Å²) in [7, 11) is -2.88. The molecule has 2 rings (SSSR count). The molecule has 0 saturated carbocycles. The standard InChI is InChI=1S/C13H15ClO3S/c14-12-3-1-10(2-4-12)13(9-15)11-5-7-18(16,17)8-6-11/h1-4,9,11,13H,5-8H2. The Morgan fingerprint density at radius 3 is 2.22 bits per heavy atom. The molecule has 1 unspecified atom stereocenters. The lowest BCUT2D eigenvalue weighted by Crippen LogP contribution is -2.27. The molecule has 18 heavy (non-hydrogen) atoms. The fraction of sp³-hybridized carbons (Fsp3) is 0.462. The van der Waals surface area contributed by atoms with Gasteiger partial charge in [-0.25, -0.2) is 8.42 Å². The summed E-state index contributed by atoms with van der Waals surface area (Å²) in [5.74, 6) is 0.274. The van der Waals surface area contributed by atoms with Crippen LogP contribution in [0.3, 0.4) is 0 Å². The summed E-state index contributed by atoms with van der Waals surface area (Å²) in [5, 5.41) is 0.634. The normalized spacial score (nSPS) is 21.4. The fourth-order valence-corrected chi connectivity index (χ4v) is 4.07. The summed E-state index contributed by atoms with van der Waals surface area (Å²) >= 11 is 5.82. The number of sulfone groups is 1. The first-order valence-electron chi connectivity index (χ1n) is 5.93. The van der Waals surface area contributed by atoms with Crippen LogP contribution in [0.25, 0.3) is 0 Å². The number of hydrogen-bond acceptors (Lipinski definition) is 3. The third-order valence-electron chi connectivity index (χ3n) is 3.51. The first-order valence-corrected chi connectivity index (χ1v) is 8.13. The van der Waals surface area contributed by atoms with Gasteiger partial charge in [-0.1, -0.05) is 23.7 Å². The van der Waals surface area contributed by atoms with Crippen molar-refractivity contribution in [3.05, 3.63) is 34.9 Å². The second kappa shape index (κ2) is 5.41. The molecule has 1 aromatic rings. The first kappa shape index (κ1) is 13.6. The van der Waals surface area contributed by atoms with Crippen LogP contribution in [0.4, 0.5) is 0 Å². The van der Waals surface area contributed by atoms with Crippen LogP contribution < -0.4 is 0 Å². The van der Waals surface area contributed by atoms with Crippen LogP contribution in [-0.2, 0) is 14.6 Å². The fourth-order valence-electron chi connectivity index (χ4n) is 2.41. The summed E-state index contributed by atoms with van der Waals surface area (Å²) in [6.45, 7) is 0. The van der Waals surface area contributed by atoms with E-state index in [2.05, 4.69) is 0 Å². The lowest BCUT2D eigenvalue weighted by atomic mass is 9.83. The van der Waals surface area contributed by atoms with Crippen molar-refractivity contribution in [2.75, 3.05) is 11.5 Å². The van der Waals surface area contributed by atoms with Gasteiger partial charge in [0.1, 0.15) is 16.1 Å².